The van der Waals surface area contributed by atoms with Crippen LogP contribution in [0.1, 0.15) is 110 Å². The molecule has 192 valence electrons. The van der Waals surface area contributed by atoms with Crippen molar-refractivity contribution in [1.29, 1.82) is 0 Å². The molecule has 0 spiro atoms. The molecule has 0 aliphatic carbocycles. The first kappa shape index (κ1) is 31.5. The van der Waals surface area contributed by atoms with Gasteiger partial charge in [0.25, 0.3) is 0 Å². The molecule has 1 fully saturated rings. The fourth-order valence-corrected chi connectivity index (χ4v) is 4.32. The van der Waals surface area contributed by atoms with E-state index in [2.05, 4.69) is 30.1 Å². The van der Waals surface area contributed by atoms with Crippen LogP contribution in [0.4, 0.5) is 0 Å². The van der Waals surface area contributed by atoms with Crippen LogP contribution in [0.25, 0.3) is 0 Å². The largest absolute Gasteiger partial charge is 0.726 e. The number of ketones is 1. The van der Waals surface area contributed by atoms with Gasteiger partial charge in [-0.15, -0.1) is 0 Å². The topological polar surface area (TPSA) is 91.2 Å². The Bertz CT molecular complexity index is 547. The van der Waals surface area contributed by atoms with Crippen LogP contribution in [0.2, 0.25) is 0 Å². The summed E-state index contributed by atoms with van der Waals surface area (Å²) in [5.41, 5.74) is 0. The molecule has 0 saturated carbocycles. The van der Waals surface area contributed by atoms with E-state index in [0.717, 1.165) is 33.0 Å². The monoisotopic (exact) mass is 478 g/mol. The second kappa shape index (κ2) is 19.9. The van der Waals surface area contributed by atoms with Crippen LogP contribution < -0.4 is 4.90 Å². The molecule has 0 aromatic heterocycles. The Labute approximate surface area is 198 Å². The fraction of sp³-hybridized carbons (Fsp3) is 0.958. The van der Waals surface area contributed by atoms with Crippen molar-refractivity contribution in [3.8, 4) is 0 Å². The van der Waals surface area contributed by atoms with Crippen LogP contribution in [-0.2, 0) is 19.4 Å². The number of carbonyl (C=O) groups excluding carboxylic acids is 1. The average Bonchev–Trinajstić information content (AvgIpc) is 3.08. The third kappa shape index (κ3) is 18.0. The highest BCUT2D eigenvalue weighted by atomic mass is 32.3. The SMILES string of the molecule is CCCCCCCCCCCCCCCCCC(=O)C1N(C)CC[NH+]1C.COS(=O)(=O)[O-]. The molecule has 32 heavy (non-hydrogen) atoms. The maximum atomic E-state index is 12.3. The highest BCUT2D eigenvalue weighted by molar-refractivity contribution is 7.80. The van der Waals surface area contributed by atoms with Crippen LogP contribution >= 0.6 is 0 Å². The van der Waals surface area contributed by atoms with Gasteiger partial charge in [0.1, 0.15) is 0 Å². The van der Waals surface area contributed by atoms with Gasteiger partial charge in [0, 0.05) is 6.42 Å². The first-order valence-electron chi connectivity index (χ1n) is 12.8. The Kier molecular flexibility index (Phi) is 19.6. The molecule has 1 rings (SSSR count). The van der Waals surface area contributed by atoms with E-state index in [-0.39, 0.29) is 6.17 Å². The summed E-state index contributed by atoms with van der Waals surface area (Å²) in [5.74, 6) is 0.456. The lowest BCUT2D eigenvalue weighted by atomic mass is 10.0. The molecular weight excluding hydrogens is 428 g/mol. The Morgan fingerprint density at radius 1 is 0.906 bits per heavy atom. The summed E-state index contributed by atoms with van der Waals surface area (Å²) < 4.78 is 31.0. The van der Waals surface area contributed by atoms with Crippen LogP contribution in [0.15, 0.2) is 0 Å². The van der Waals surface area contributed by atoms with Crippen molar-refractivity contribution in [3.63, 3.8) is 0 Å². The van der Waals surface area contributed by atoms with Crippen molar-refractivity contribution < 1.29 is 26.8 Å². The van der Waals surface area contributed by atoms with Gasteiger partial charge in [0.15, 0.2) is 0 Å². The molecule has 1 aliphatic heterocycles. The van der Waals surface area contributed by atoms with E-state index in [1.54, 1.807) is 0 Å². The number of Topliss-reactive ketones (excluding diaryl/α,β-unsaturated/α-hetero) is 1. The van der Waals surface area contributed by atoms with E-state index in [1.807, 2.05) is 0 Å². The van der Waals surface area contributed by atoms with Crippen LogP contribution in [0.3, 0.4) is 0 Å². The molecule has 1 heterocycles. The van der Waals surface area contributed by atoms with Gasteiger partial charge in [-0.05, 0) is 13.5 Å². The van der Waals surface area contributed by atoms with Gasteiger partial charge in [-0.25, -0.2) is 13.3 Å². The van der Waals surface area contributed by atoms with E-state index >= 15 is 0 Å². The number of nitrogens with zero attached hydrogens (tertiary/aromatic N) is 1. The first-order chi connectivity index (χ1) is 15.2. The summed E-state index contributed by atoms with van der Waals surface area (Å²) in [6, 6.07) is 0. The van der Waals surface area contributed by atoms with E-state index in [9.17, 15) is 17.8 Å². The van der Waals surface area contributed by atoms with Gasteiger partial charge in [-0.3, -0.25) is 8.98 Å². The molecular formula is C24H50N2O5S. The molecule has 0 aromatic rings. The minimum atomic E-state index is -4.41. The average molecular weight is 479 g/mol. The molecule has 1 N–H and O–H groups in total. The molecule has 7 nitrogen and oxygen atoms in total. The van der Waals surface area contributed by atoms with Crippen molar-refractivity contribution in [1.82, 2.24) is 4.90 Å². The van der Waals surface area contributed by atoms with Crippen molar-refractivity contribution in [3.05, 3.63) is 0 Å². The zero-order valence-corrected chi connectivity index (χ0v) is 22.0. The molecule has 1 saturated heterocycles. The lowest BCUT2D eigenvalue weighted by molar-refractivity contribution is -0.887. The Balaban J connectivity index is 0.00000140. The number of nitrogens with one attached hydrogen (secondary N) is 1. The maximum Gasteiger partial charge on any atom is 0.217 e. The zero-order chi connectivity index (χ0) is 24.2. The first-order valence-corrected chi connectivity index (χ1v) is 14.1. The summed E-state index contributed by atoms with van der Waals surface area (Å²) in [5, 5.41) is 0. The predicted molar refractivity (Wildman–Crippen MR) is 129 cm³/mol. The molecule has 0 amide bonds. The summed E-state index contributed by atoms with van der Waals surface area (Å²) in [7, 11) is 0.636. The van der Waals surface area contributed by atoms with Gasteiger partial charge in [0.05, 0.1) is 27.2 Å². The highest BCUT2D eigenvalue weighted by Gasteiger charge is 2.35. The van der Waals surface area contributed by atoms with Gasteiger partial charge >= 0.3 is 0 Å². The van der Waals surface area contributed by atoms with Crippen molar-refractivity contribution in [2.45, 2.75) is 116 Å². The fourth-order valence-electron chi connectivity index (χ4n) is 4.32. The number of hydrogen-bond acceptors (Lipinski definition) is 6. The zero-order valence-electron chi connectivity index (χ0n) is 21.2. The minimum absolute atomic E-state index is 0.127. The number of unbranched alkanes of at least 4 members (excludes halogenated alkanes) is 14. The highest BCUT2D eigenvalue weighted by Crippen LogP contribution is 2.14. The third-order valence-electron chi connectivity index (χ3n) is 6.30. The number of carbonyl (C=O) groups is 1. The summed E-state index contributed by atoms with van der Waals surface area (Å²) >= 11 is 0. The van der Waals surface area contributed by atoms with Crippen molar-refractivity contribution in [2.75, 3.05) is 34.3 Å². The van der Waals surface area contributed by atoms with Gasteiger partial charge in [0.2, 0.25) is 22.3 Å². The number of hydrogen-bond donors (Lipinski definition) is 1. The van der Waals surface area contributed by atoms with E-state index < -0.39 is 10.4 Å². The molecule has 1 aliphatic rings. The Hall–Kier alpha value is -0.540. The quantitative estimate of drug-likeness (QED) is 0.183. The van der Waals surface area contributed by atoms with Crippen molar-refractivity contribution >= 4 is 16.2 Å². The number of quaternary nitrogens is 1. The van der Waals surface area contributed by atoms with Crippen LogP contribution in [0.5, 0.6) is 0 Å². The lowest BCUT2D eigenvalue weighted by Gasteiger charge is -2.19. The minimum Gasteiger partial charge on any atom is -0.726 e. The molecule has 0 aromatic carbocycles. The van der Waals surface area contributed by atoms with Gasteiger partial charge < -0.3 is 9.45 Å². The third-order valence-corrected chi connectivity index (χ3v) is 6.71. The van der Waals surface area contributed by atoms with E-state index in [4.69, 9.17) is 0 Å². The molecule has 2 atom stereocenters. The summed E-state index contributed by atoms with van der Waals surface area (Å²) in [6.45, 7) is 4.45. The molecule has 0 radical (unpaired) electrons. The number of rotatable bonds is 18. The Morgan fingerprint density at radius 2 is 1.28 bits per heavy atom. The number of likely N-dealkylation sites (N-methyl/N-ethyl adjacent to an activating group) is 2. The standard InChI is InChI=1S/C23H46N2O.CH4O4S/c1-4-5-6-7-8-9-10-11-12-13-14-15-16-17-18-19-22(26)23-24(2)20-21-25(23)3;1-5-6(2,3)4/h23H,4-21H2,1-3H3;1H3,(H,2,3,4). The molecule has 8 heteroatoms. The lowest BCUT2D eigenvalue weighted by Crippen LogP contribution is -3.12. The second-order valence-electron chi connectivity index (χ2n) is 9.22. The molecule has 0 bridgehead atoms. The maximum absolute atomic E-state index is 12.3. The van der Waals surface area contributed by atoms with E-state index in [1.165, 1.54) is 94.8 Å². The van der Waals surface area contributed by atoms with Crippen molar-refractivity contribution in [2.24, 2.45) is 0 Å². The Morgan fingerprint density at radius 3 is 1.59 bits per heavy atom. The van der Waals surface area contributed by atoms with Crippen LogP contribution in [-0.4, -0.2) is 64.1 Å². The van der Waals surface area contributed by atoms with Gasteiger partial charge in [-0.1, -0.05) is 96.8 Å². The second-order valence-corrected chi connectivity index (χ2v) is 10.4. The van der Waals surface area contributed by atoms with E-state index in [0.29, 0.717) is 5.78 Å². The van der Waals surface area contributed by atoms with Crippen LogP contribution in [0, 0.1) is 0 Å². The summed E-state index contributed by atoms with van der Waals surface area (Å²) in [6.07, 6.45) is 21.6. The van der Waals surface area contributed by atoms with Gasteiger partial charge in [-0.2, -0.15) is 0 Å². The predicted octanol–water partition coefficient (Wildman–Crippen LogP) is 3.70. The molecule has 2 unspecified atom stereocenters. The summed E-state index contributed by atoms with van der Waals surface area (Å²) in [4.78, 5) is 15.9. The smallest absolute Gasteiger partial charge is 0.217 e. The normalized spacial score (nSPS) is 19.0.